The van der Waals surface area contributed by atoms with Gasteiger partial charge in [-0.25, -0.2) is 0 Å². The van der Waals surface area contributed by atoms with Gasteiger partial charge in [-0.3, -0.25) is 14.6 Å². The number of aromatic amines is 1. The van der Waals surface area contributed by atoms with E-state index in [4.69, 9.17) is 5.73 Å². The Morgan fingerprint density at radius 3 is 2.20 bits per heavy atom. The Kier molecular flexibility index (Phi) is 2.41. The highest BCUT2D eigenvalue weighted by Gasteiger charge is 2.51. The van der Waals surface area contributed by atoms with Crippen molar-refractivity contribution in [3.8, 4) is 0 Å². The van der Waals surface area contributed by atoms with Crippen LogP contribution < -0.4 is 11.3 Å². The molecule has 0 atom stereocenters. The van der Waals surface area contributed by atoms with E-state index in [1.54, 1.807) is 7.05 Å². The number of hydrogen-bond donors (Lipinski definition) is 2. The molecule has 6 nitrogen and oxygen atoms in total. The average Bonchev–Trinajstić information content (AvgIpc) is 2.59. The molecule has 4 saturated carbocycles. The fourth-order valence-electron chi connectivity index (χ4n) is 4.98. The Morgan fingerprint density at radius 1 is 1.20 bits per heavy atom. The van der Waals surface area contributed by atoms with Crippen LogP contribution in [0.2, 0.25) is 0 Å². The zero-order valence-corrected chi connectivity index (χ0v) is 11.8. The molecule has 4 fully saturated rings. The Hall–Kier alpha value is -1.59. The van der Waals surface area contributed by atoms with Gasteiger partial charge in [0.05, 0.1) is 5.54 Å². The quantitative estimate of drug-likeness (QED) is 0.811. The van der Waals surface area contributed by atoms with Crippen molar-refractivity contribution in [3.63, 3.8) is 0 Å². The van der Waals surface area contributed by atoms with Crippen LogP contribution in [0.3, 0.4) is 0 Å². The summed E-state index contributed by atoms with van der Waals surface area (Å²) in [5.41, 5.74) is 5.86. The standard InChI is InChI=1S/C14H21N5O/c1-19-12(15)11(13(20)17-19)16-18-14-5-8-2-9(6-14)4-10(3-8)7-14/h8-10H,2-7,15H2,1H3,(H,17,20). The summed E-state index contributed by atoms with van der Waals surface area (Å²) < 4.78 is 1.50. The molecule has 0 unspecified atom stereocenters. The fourth-order valence-corrected chi connectivity index (χ4v) is 4.98. The van der Waals surface area contributed by atoms with Crippen LogP contribution in [0.15, 0.2) is 15.0 Å². The number of nitrogens with two attached hydrogens (primary N) is 1. The summed E-state index contributed by atoms with van der Waals surface area (Å²) in [5.74, 6) is 2.84. The Labute approximate surface area is 117 Å². The Bertz CT molecular complexity index is 591. The number of H-pyrrole nitrogens is 1. The minimum Gasteiger partial charge on any atom is -0.382 e. The third-order valence-electron chi connectivity index (χ3n) is 5.46. The highest BCUT2D eigenvalue weighted by Crippen LogP contribution is 2.57. The van der Waals surface area contributed by atoms with Gasteiger partial charge in [0.15, 0.2) is 11.5 Å². The molecule has 3 N–H and O–H groups in total. The lowest BCUT2D eigenvalue weighted by Crippen LogP contribution is -2.49. The number of nitrogens with one attached hydrogen (secondary N) is 1. The molecule has 6 heteroatoms. The first-order valence-corrected chi connectivity index (χ1v) is 7.52. The minimum atomic E-state index is -0.251. The van der Waals surface area contributed by atoms with Crippen molar-refractivity contribution in [2.24, 2.45) is 35.0 Å². The monoisotopic (exact) mass is 275 g/mol. The molecule has 0 saturated heterocycles. The summed E-state index contributed by atoms with van der Waals surface area (Å²) in [6.07, 6.45) is 7.57. The van der Waals surface area contributed by atoms with Crippen LogP contribution in [0.1, 0.15) is 38.5 Å². The highest BCUT2D eigenvalue weighted by molar-refractivity contribution is 5.55. The van der Waals surface area contributed by atoms with E-state index in [2.05, 4.69) is 15.3 Å². The van der Waals surface area contributed by atoms with Gasteiger partial charge in [0.2, 0.25) is 0 Å². The van der Waals surface area contributed by atoms with Gasteiger partial charge in [-0.05, 0) is 56.3 Å². The second-order valence-electron chi connectivity index (χ2n) is 7.08. The van der Waals surface area contributed by atoms with Crippen LogP contribution in [-0.4, -0.2) is 15.3 Å². The van der Waals surface area contributed by atoms with Crippen molar-refractivity contribution >= 4 is 11.5 Å². The molecular formula is C14H21N5O. The molecule has 0 spiro atoms. The van der Waals surface area contributed by atoms with E-state index >= 15 is 0 Å². The summed E-state index contributed by atoms with van der Waals surface area (Å²) in [4.78, 5) is 11.8. The van der Waals surface area contributed by atoms with E-state index in [-0.39, 0.29) is 16.8 Å². The lowest BCUT2D eigenvalue weighted by molar-refractivity contribution is -0.00155. The maximum Gasteiger partial charge on any atom is 0.294 e. The van der Waals surface area contributed by atoms with Gasteiger partial charge in [-0.1, -0.05) is 0 Å². The predicted octanol–water partition coefficient (Wildman–Crippen LogP) is 2.35. The number of azo groups is 1. The maximum absolute atomic E-state index is 11.8. The van der Waals surface area contributed by atoms with E-state index in [1.165, 1.54) is 23.9 Å². The number of nitrogens with zero attached hydrogens (tertiary/aromatic N) is 3. The molecule has 0 aliphatic heterocycles. The number of aryl methyl sites for hydroxylation is 1. The number of rotatable bonds is 2. The summed E-state index contributed by atoms with van der Waals surface area (Å²) in [6.45, 7) is 0. The summed E-state index contributed by atoms with van der Waals surface area (Å²) >= 11 is 0. The normalized spacial score (nSPS) is 39.0. The van der Waals surface area contributed by atoms with E-state index in [9.17, 15) is 4.79 Å². The van der Waals surface area contributed by atoms with Gasteiger partial charge < -0.3 is 5.73 Å². The van der Waals surface area contributed by atoms with Gasteiger partial charge in [0.1, 0.15) is 0 Å². The van der Waals surface area contributed by atoms with Crippen LogP contribution in [0, 0.1) is 17.8 Å². The summed E-state index contributed by atoms with van der Waals surface area (Å²) in [5, 5.41) is 11.5. The van der Waals surface area contributed by atoms with Crippen LogP contribution in [-0.2, 0) is 7.05 Å². The SMILES string of the molecule is Cn1[nH]c(=O)c(N=NC23CC4CC(CC(C4)C2)C3)c1N. The molecule has 4 bridgehead atoms. The highest BCUT2D eigenvalue weighted by atomic mass is 16.1. The van der Waals surface area contributed by atoms with Gasteiger partial charge in [-0.15, -0.1) is 5.11 Å². The van der Waals surface area contributed by atoms with E-state index < -0.39 is 0 Å². The molecule has 1 aromatic heterocycles. The second kappa shape index (κ2) is 3.96. The first-order valence-electron chi connectivity index (χ1n) is 7.52. The van der Waals surface area contributed by atoms with E-state index in [0.717, 1.165) is 37.0 Å². The molecule has 0 amide bonds. The number of aromatic nitrogens is 2. The first kappa shape index (κ1) is 12.2. The Balaban J connectivity index is 1.65. The minimum absolute atomic E-state index is 0.0104. The smallest absolute Gasteiger partial charge is 0.294 e. The fraction of sp³-hybridized carbons (Fsp3) is 0.786. The van der Waals surface area contributed by atoms with Crippen molar-refractivity contribution in [1.82, 2.24) is 9.78 Å². The van der Waals surface area contributed by atoms with E-state index in [1.807, 2.05) is 0 Å². The lowest BCUT2D eigenvalue weighted by Gasteiger charge is -2.54. The number of nitrogen functional groups attached to an aromatic ring is 1. The number of anilines is 1. The molecule has 108 valence electrons. The molecule has 20 heavy (non-hydrogen) atoms. The second-order valence-corrected chi connectivity index (χ2v) is 7.08. The molecule has 4 aliphatic carbocycles. The molecule has 4 aliphatic rings. The molecule has 1 aromatic rings. The summed E-state index contributed by atoms with van der Waals surface area (Å²) in [6, 6.07) is 0. The van der Waals surface area contributed by atoms with Crippen molar-refractivity contribution < 1.29 is 0 Å². The molecule has 1 heterocycles. The third-order valence-corrected chi connectivity index (χ3v) is 5.46. The van der Waals surface area contributed by atoms with Crippen molar-refractivity contribution in [3.05, 3.63) is 10.4 Å². The van der Waals surface area contributed by atoms with Crippen LogP contribution in [0.5, 0.6) is 0 Å². The average molecular weight is 275 g/mol. The van der Waals surface area contributed by atoms with Crippen LogP contribution in [0.25, 0.3) is 0 Å². The molecule has 0 aromatic carbocycles. The van der Waals surface area contributed by atoms with Gasteiger partial charge in [0.25, 0.3) is 5.56 Å². The van der Waals surface area contributed by atoms with Crippen molar-refractivity contribution in [1.29, 1.82) is 0 Å². The molecular weight excluding hydrogens is 254 g/mol. The van der Waals surface area contributed by atoms with Gasteiger partial charge in [0, 0.05) is 7.05 Å². The maximum atomic E-state index is 11.8. The zero-order chi connectivity index (χ0) is 13.9. The summed E-state index contributed by atoms with van der Waals surface area (Å²) in [7, 11) is 1.71. The Morgan fingerprint density at radius 2 is 1.75 bits per heavy atom. The largest absolute Gasteiger partial charge is 0.382 e. The predicted molar refractivity (Wildman–Crippen MR) is 75.9 cm³/mol. The van der Waals surface area contributed by atoms with Crippen LogP contribution >= 0.6 is 0 Å². The first-order chi connectivity index (χ1) is 9.55. The molecule has 0 radical (unpaired) electrons. The zero-order valence-electron chi connectivity index (χ0n) is 11.8. The lowest BCUT2D eigenvalue weighted by atomic mass is 9.53. The van der Waals surface area contributed by atoms with Gasteiger partial charge >= 0.3 is 0 Å². The topological polar surface area (TPSA) is 88.5 Å². The number of hydrogen-bond acceptors (Lipinski definition) is 4. The third kappa shape index (κ3) is 1.73. The van der Waals surface area contributed by atoms with Crippen molar-refractivity contribution in [2.75, 3.05) is 5.73 Å². The van der Waals surface area contributed by atoms with Gasteiger partial charge in [-0.2, -0.15) is 5.11 Å². The van der Waals surface area contributed by atoms with Crippen LogP contribution in [0.4, 0.5) is 11.5 Å². The van der Waals surface area contributed by atoms with Crippen molar-refractivity contribution in [2.45, 2.75) is 44.1 Å². The molecule has 5 rings (SSSR count). The van der Waals surface area contributed by atoms with E-state index in [0.29, 0.717) is 5.82 Å².